The van der Waals surface area contributed by atoms with Crippen LogP contribution < -0.4 is 5.32 Å². The SMILES string of the molecule is CCCOC(=O)NCC. The Balaban J connectivity index is 3.06. The van der Waals surface area contributed by atoms with Crippen LogP contribution in [0.1, 0.15) is 20.3 Å². The van der Waals surface area contributed by atoms with Gasteiger partial charge >= 0.3 is 6.09 Å². The van der Waals surface area contributed by atoms with E-state index in [1.54, 1.807) is 0 Å². The molecule has 54 valence electrons. The summed E-state index contributed by atoms with van der Waals surface area (Å²) in [6, 6.07) is 0. The third kappa shape index (κ3) is 5.14. The molecule has 0 aliphatic rings. The molecule has 1 N–H and O–H groups in total. The topological polar surface area (TPSA) is 38.3 Å². The van der Waals surface area contributed by atoms with Crippen molar-refractivity contribution in [3.8, 4) is 0 Å². The minimum Gasteiger partial charge on any atom is -0.450 e. The Morgan fingerprint density at radius 1 is 1.56 bits per heavy atom. The van der Waals surface area contributed by atoms with Gasteiger partial charge in [-0.1, -0.05) is 6.92 Å². The van der Waals surface area contributed by atoms with Crippen LogP contribution in [0, 0.1) is 0 Å². The minimum absolute atomic E-state index is 0.320. The summed E-state index contributed by atoms with van der Waals surface area (Å²) < 4.78 is 4.68. The largest absolute Gasteiger partial charge is 0.450 e. The smallest absolute Gasteiger partial charge is 0.407 e. The van der Waals surface area contributed by atoms with E-state index in [1.165, 1.54) is 0 Å². The fourth-order valence-corrected chi connectivity index (χ4v) is 0.390. The van der Waals surface area contributed by atoms with Crippen molar-refractivity contribution < 1.29 is 9.53 Å². The van der Waals surface area contributed by atoms with Gasteiger partial charge < -0.3 is 10.1 Å². The highest BCUT2D eigenvalue weighted by molar-refractivity contribution is 5.66. The van der Waals surface area contributed by atoms with E-state index in [2.05, 4.69) is 10.1 Å². The number of hydrogen-bond donors (Lipinski definition) is 1. The maximum Gasteiger partial charge on any atom is 0.407 e. The second-order valence-corrected chi connectivity index (χ2v) is 1.67. The quantitative estimate of drug-likeness (QED) is 0.623. The Hall–Kier alpha value is -0.730. The lowest BCUT2D eigenvalue weighted by atomic mass is 10.5. The maximum absolute atomic E-state index is 10.5. The molecular weight excluding hydrogens is 118 g/mol. The number of carbonyl (C=O) groups excluding carboxylic acids is 1. The Morgan fingerprint density at radius 3 is 2.67 bits per heavy atom. The molecule has 9 heavy (non-hydrogen) atoms. The van der Waals surface area contributed by atoms with Crippen molar-refractivity contribution in [2.24, 2.45) is 0 Å². The molecule has 0 aromatic rings. The third-order valence-electron chi connectivity index (χ3n) is 0.758. The van der Waals surface area contributed by atoms with Crippen LogP contribution in [-0.4, -0.2) is 19.2 Å². The van der Waals surface area contributed by atoms with Crippen LogP contribution in [0.2, 0.25) is 0 Å². The van der Waals surface area contributed by atoms with Crippen LogP contribution in [0.4, 0.5) is 4.79 Å². The zero-order chi connectivity index (χ0) is 7.11. The second-order valence-electron chi connectivity index (χ2n) is 1.67. The van der Waals surface area contributed by atoms with E-state index in [1.807, 2.05) is 13.8 Å². The molecule has 0 fully saturated rings. The van der Waals surface area contributed by atoms with Gasteiger partial charge in [0.2, 0.25) is 0 Å². The zero-order valence-corrected chi connectivity index (χ0v) is 5.94. The van der Waals surface area contributed by atoms with Gasteiger partial charge in [-0.25, -0.2) is 4.79 Å². The fraction of sp³-hybridized carbons (Fsp3) is 0.833. The molecule has 1 amide bonds. The first-order chi connectivity index (χ1) is 4.31. The minimum atomic E-state index is -0.320. The number of carbonyl (C=O) groups is 1. The molecule has 0 aromatic heterocycles. The van der Waals surface area contributed by atoms with E-state index in [-0.39, 0.29) is 6.09 Å². The molecule has 0 radical (unpaired) electrons. The van der Waals surface area contributed by atoms with Gasteiger partial charge in [0.25, 0.3) is 0 Å². The molecule has 0 heterocycles. The van der Waals surface area contributed by atoms with Crippen LogP contribution in [0.3, 0.4) is 0 Å². The molecule has 0 aliphatic heterocycles. The van der Waals surface area contributed by atoms with E-state index in [9.17, 15) is 4.79 Å². The van der Waals surface area contributed by atoms with Crippen molar-refractivity contribution in [1.82, 2.24) is 5.32 Å². The molecule has 0 saturated heterocycles. The monoisotopic (exact) mass is 131 g/mol. The van der Waals surface area contributed by atoms with Gasteiger partial charge in [0.05, 0.1) is 6.61 Å². The highest BCUT2D eigenvalue weighted by atomic mass is 16.5. The number of hydrogen-bond acceptors (Lipinski definition) is 2. The van der Waals surface area contributed by atoms with Gasteiger partial charge in [0.15, 0.2) is 0 Å². The van der Waals surface area contributed by atoms with Crippen LogP contribution in [0.25, 0.3) is 0 Å². The summed E-state index contributed by atoms with van der Waals surface area (Å²) in [5.74, 6) is 0. The number of alkyl carbamates (subject to hydrolysis) is 1. The van der Waals surface area contributed by atoms with Crippen molar-refractivity contribution in [1.29, 1.82) is 0 Å². The highest BCUT2D eigenvalue weighted by Gasteiger charge is 1.94. The molecule has 0 atom stereocenters. The highest BCUT2D eigenvalue weighted by Crippen LogP contribution is 1.80. The molecule has 0 aromatic carbocycles. The predicted molar refractivity (Wildman–Crippen MR) is 35.3 cm³/mol. The average molecular weight is 131 g/mol. The van der Waals surface area contributed by atoms with Crippen LogP contribution >= 0.6 is 0 Å². The Labute approximate surface area is 55.4 Å². The lowest BCUT2D eigenvalue weighted by Gasteiger charge is -2.01. The Morgan fingerprint density at radius 2 is 2.22 bits per heavy atom. The predicted octanol–water partition coefficient (Wildman–Crippen LogP) is 1.14. The van der Waals surface area contributed by atoms with Crippen molar-refractivity contribution in [3.05, 3.63) is 0 Å². The molecule has 0 bridgehead atoms. The first-order valence-electron chi connectivity index (χ1n) is 3.21. The normalized spacial score (nSPS) is 8.67. The lowest BCUT2D eigenvalue weighted by Crippen LogP contribution is -2.23. The molecule has 0 rings (SSSR count). The number of nitrogens with one attached hydrogen (secondary N) is 1. The Bertz CT molecular complexity index is 83.1. The standard InChI is InChI=1S/C6H13NO2/c1-3-5-9-6(8)7-4-2/h3-5H2,1-2H3,(H,7,8). The van der Waals surface area contributed by atoms with E-state index < -0.39 is 0 Å². The Kier molecular flexibility index (Phi) is 4.97. The van der Waals surface area contributed by atoms with Gasteiger partial charge in [-0.05, 0) is 13.3 Å². The molecule has 0 saturated carbocycles. The van der Waals surface area contributed by atoms with Gasteiger partial charge in [-0.3, -0.25) is 0 Å². The average Bonchev–Trinajstić information content (AvgIpc) is 1.85. The summed E-state index contributed by atoms with van der Waals surface area (Å²) in [7, 11) is 0. The van der Waals surface area contributed by atoms with Crippen molar-refractivity contribution in [2.75, 3.05) is 13.2 Å². The van der Waals surface area contributed by atoms with E-state index >= 15 is 0 Å². The summed E-state index contributed by atoms with van der Waals surface area (Å²) in [5.41, 5.74) is 0. The van der Waals surface area contributed by atoms with E-state index in [0.717, 1.165) is 6.42 Å². The van der Waals surface area contributed by atoms with Crippen molar-refractivity contribution >= 4 is 6.09 Å². The van der Waals surface area contributed by atoms with Crippen LogP contribution in [0.5, 0.6) is 0 Å². The summed E-state index contributed by atoms with van der Waals surface area (Å²) >= 11 is 0. The molecular formula is C6H13NO2. The van der Waals surface area contributed by atoms with Crippen LogP contribution in [-0.2, 0) is 4.74 Å². The first kappa shape index (κ1) is 8.27. The summed E-state index contributed by atoms with van der Waals surface area (Å²) in [6.45, 7) is 4.95. The van der Waals surface area contributed by atoms with Crippen molar-refractivity contribution in [2.45, 2.75) is 20.3 Å². The van der Waals surface area contributed by atoms with Gasteiger partial charge in [0.1, 0.15) is 0 Å². The molecule has 0 spiro atoms. The molecule has 3 nitrogen and oxygen atoms in total. The van der Waals surface area contributed by atoms with Crippen molar-refractivity contribution in [3.63, 3.8) is 0 Å². The summed E-state index contributed by atoms with van der Waals surface area (Å²) in [5, 5.41) is 2.52. The van der Waals surface area contributed by atoms with Gasteiger partial charge in [-0.15, -0.1) is 0 Å². The molecule has 3 heteroatoms. The second kappa shape index (κ2) is 5.41. The number of ether oxygens (including phenoxy) is 1. The zero-order valence-electron chi connectivity index (χ0n) is 5.94. The maximum atomic E-state index is 10.5. The number of amides is 1. The third-order valence-corrected chi connectivity index (χ3v) is 0.758. The molecule has 0 unspecified atom stereocenters. The summed E-state index contributed by atoms with van der Waals surface area (Å²) in [6.07, 6.45) is 0.552. The van der Waals surface area contributed by atoms with E-state index in [4.69, 9.17) is 0 Å². The summed E-state index contributed by atoms with van der Waals surface area (Å²) in [4.78, 5) is 10.5. The van der Waals surface area contributed by atoms with Gasteiger partial charge in [0, 0.05) is 6.54 Å². The number of rotatable bonds is 3. The fourth-order valence-electron chi connectivity index (χ4n) is 0.390. The van der Waals surface area contributed by atoms with E-state index in [0.29, 0.717) is 13.2 Å². The van der Waals surface area contributed by atoms with Gasteiger partial charge in [-0.2, -0.15) is 0 Å². The first-order valence-corrected chi connectivity index (χ1v) is 3.21. The van der Waals surface area contributed by atoms with Crippen LogP contribution in [0.15, 0.2) is 0 Å². The lowest BCUT2D eigenvalue weighted by molar-refractivity contribution is 0.147. The molecule has 0 aliphatic carbocycles.